The number of amides is 1. The summed E-state index contributed by atoms with van der Waals surface area (Å²) in [5.74, 6) is -0.189. The molecular weight excluding hydrogens is 265 g/mol. The van der Waals surface area contributed by atoms with Gasteiger partial charge in [0.15, 0.2) is 0 Å². The fourth-order valence-corrected chi connectivity index (χ4v) is 2.17. The molecule has 1 aromatic heterocycles. The van der Waals surface area contributed by atoms with Crippen molar-refractivity contribution in [3.05, 3.63) is 50.6 Å². The van der Waals surface area contributed by atoms with Gasteiger partial charge >= 0.3 is 0 Å². The fourth-order valence-electron chi connectivity index (χ4n) is 1.19. The van der Waals surface area contributed by atoms with Crippen LogP contribution in [0, 0.1) is 0 Å². The second-order valence-corrected chi connectivity index (χ2v) is 4.63. The number of nitrogens with one attached hydrogen (secondary N) is 1. The number of rotatable bonds is 2. The molecular formula is C11H7Cl2NOS. The van der Waals surface area contributed by atoms with Crippen molar-refractivity contribution in [2.45, 2.75) is 0 Å². The van der Waals surface area contributed by atoms with Gasteiger partial charge < -0.3 is 5.32 Å². The minimum absolute atomic E-state index is 0.189. The lowest BCUT2D eigenvalue weighted by Crippen LogP contribution is -2.11. The van der Waals surface area contributed by atoms with Crippen LogP contribution in [-0.2, 0) is 0 Å². The average Bonchev–Trinajstić information content (AvgIpc) is 2.78. The maximum absolute atomic E-state index is 11.7. The van der Waals surface area contributed by atoms with E-state index in [1.54, 1.807) is 29.6 Å². The highest BCUT2D eigenvalue weighted by Crippen LogP contribution is 2.29. The van der Waals surface area contributed by atoms with Gasteiger partial charge in [0.2, 0.25) is 0 Å². The Morgan fingerprint density at radius 1 is 1.25 bits per heavy atom. The molecule has 1 heterocycles. The topological polar surface area (TPSA) is 29.1 Å². The molecule has 1 amide bonds. The Kier molecular flexibility index (Phi) is 3.49. The summed E-state index contributed by atoms with van der Waals surface area (Å²) in [6.45, 7) is 0. The third-order valence-corrected chi connectivity index (χ3v) is 3.49. The van der Waals surface area contributed by atoms with E-state index in [1.807, 2.05) is 5.38 Å². The van der Waals surface area contributed by atoms with Gasteiger partial charge in [0.05, 0.1) is 21.3 Å². The first kappa shape index (κ1) is 11.5. The Morgan fingerprint density at radius 3 is 2.75 bits per heavy atom. The molecule has 0 spiro atoms. The van der Waals surface area contributed by atoms with E-state index in [4.69, 9.17) is 23.2 Å². The Bertz CT molecular complexity index is 511. The molecule has 5 heteroatoms. The predicted octanol–water partition coefficient (Wildman–Crippen LogP) is 4.31. The highest BCUT2D eigenvalue weighted by Gasteiger charge is 2.09. The van der Waals surface area contributed by atoms with E-state index in [2.05, 4.69) is 5.32 Å². The lowest BCUT2D eigenvalue weighted by Gasteiger charge is -2.06. The fraction of sp³-hybridized carbons (Fsp3) is 0. The summed E-state index contributed by atoms with van der Waals surface area (Å²) in [5.41, 5.74) is 1.13. The maximum atomic E-state index is 11.7. The van der Waals surface area contributed by atoms with Gasteiger partial charge in [0, 0.05) is 5.38 Å². The summed E-state index contributed by atoms with van der Waals surface area (Å²) in [6.07, 6.45) is 0. The Hall–Kier alpha value is -1.03. The molecule has 82 valence electrons. The number of thiophene rings is 1. The lowest BCUT2D eigenvalue weighted by atomic mass is 10.3. The van der Waals surface area contributed by atoms with Crippen LogP contribution in [0.25, 0.3) is 0 Å². The van der Waals surface area contributed by atoms with Crippen molar-refractivity contribution in [3.63, 3.8) is 0 Å². The van der Waals surface area contributed by atoms with Crippen LogP contribution in [0.3, 0.4) is 0 Å². The molecule has 0 saturated carbocycles. The number of benzene rings is 1. The third-order valence-electron chi connectivity index (χ3n) is 1.98. The standard InChI is InChI=1S/C11H7Cl2NOS/c12-8-2-1-3-9(10(8)13)14-11(15)7-4-5-16-6-7/h1-6H,(H,14,15). The van der Waals surface area contributed by atoms with Crippen LogP contribution in [-0.4, -0.2) is 5.91 Å². The summed E-state index contributed by atoms with van der Waals surface area (Å²) < 4.78 is 0. The normalized spacial score (nSPS) is 10.1. The number of carbonyl (C=O) groups is 1. The third kappa shape index (κ3) is 2.38. The Morgan fingerprint density at radius 2 is 2.06 bits per heavy atom. The summed E-state index contributed by atoms with van der Waals surface area (Å²) in [6, 6.07) is 6.86. The molecule has 0 radical (unpaired) electrons. The van der Waals surface area contributed by atoms with Crippen LogP contribution in [0.2, 0.25) is 10.0 Å². The second kappa shape index (κ2) is 4.87. The number of hydrogen-bond acceptors (Lipinski definition) is 2. The van der Waals surface area contributed by atoms with Gasteiger partial charge in [-0.05, 0) is 23.6 Å². The zero-order chi connectivity index (χ0) is 11.5. The number of hydrogen-bond donors (Lipinski definition) is 1. The van der Waals surface area contributed by atoms with E-state index in [0.29, 0.717) is 21.3 Å². The molecule has 0 bridgehead atoms. The smallest absolute Gasteiger partial charge is 0.256 e. The maximum Gasteiger partial charge on any atom is 0.256 e. The van der Waals surface area contributed by atoms with E-state index in [9.17, 15) is 4.79 Å². The van der Waals surface area contributed by atoms with E-state index >= 15 is 0 Å². The van der Waals surface area contributed by atoms with Gasteiger partial charge in [-0.2, -0.15) is 11.3 Å². The second-order valence-electron chi connectivity index (χ2n) is 3.07. The number of halogens is 2. The largest absolute Gasteiger partial charge is 0.321 e. The Balaban J connectivity index is 2.22. The SMILES string of the molecule is O=C(Nc1cccc(Cl)c1Cl)c1ccsc1. The van der Waals surface area contributed by atoms with Crippen molar-refractivity contribution in [3.8, 4) is 0 Å². The minimum atomic E-state index is -0.189. The summed E-state index contributed by atoms with van der Waals surface area (Å²) >= 11 is 13.3. The van der Waals surface area contributed by atoms with Gasteiger partial charge in [0.25, 0.3) is 5.91 Å². The molecule has 2 nitrogen and oxygen atoms in total. The molecule has 2 aromatic rings. The summed E-state index contributed by atoms with van der Waals surface area (Å²) in [5, 5.41) is 7.09. The molecule has 0 saturated heterocycles. The van der Waals surface area contributed by atoms with Crippen LogP contribution in [0.15, 0.2) is 35.0 Å². The lowest BCUT2D eigenvalue weighted by molar-refractivity contribution is 0.102. The minimum Gasteiger partial charge on any atom is -0.321 e. The van der Waals surface area contributed by atoms with Crippen molar-refractivity contribution in [2.75, 3.05) is 5.32 Å². The molecule has 2 rings (SSSR count). The monoisotopic (exact) mass is 271 g/mol. The van der Waals surface area contributed by atoms with Gasteiger partial charge in [-0.1, -0.05) is 29.3 Å². The van der Waals surface area contributed by atoms with E-state index in [1.165, 1.54) is 11.3 Å². The van der Waals surface area contributed by atoms with Crippen molar-refractivity contribution in [2.24, 2.45) is 0 Å². The summed E-state index contributed by atoms with van der Waals surface area (Å²) in [7, 11) is 0. The first-order chi connectivity index (χ1) is 7.68. The number of anilines is 1. The van der Waals surface area contributed by atoms with Crippen molar-refractivity contribution >= 4 is 46.1 Å². The number of carbonyl (C=O) groups excluding carboxylic acids is 1. The van der Waals surface area contributed by atoms with E-state index in [0.717, 1.165) is 0 Å². The quantitative estimate of drug-likeness (QED) is 0.867. The molecule has 0 atom stereocenters. The van der Waals surface area contributed by atoms with Crippen molar-refractivity contribution in [1.82, 2.24) is 0 Å². The molecule has 16 heavy (non-hydrogen) atoms. The molecule has 0 fully saturated rings. The highest BCUT2D eigenvalue weighted by atomic mass is 35.5. The molecule has 0 unspecified atom stereocenters. The van der Waals surface area contributed by atoms with Crippen LogP contribution in [0.1, 0.15) is 10.4 Å². The van der Waals surface area contributed by atoms with E-state index < -0.39 is 0 Å². The zero-order valence-corrected chi connectivity index (χ0v) is 10.4. The average molecular weight is 272 g/mol. The first-order valence-electron chi connectivity index (χ1n) is 4.46. The Labute approximate surface area is 107 Å². The van der Waals surface area contributed by atoms with Gasteiger partial charge in [-0.25, -0.2) is 0 Å². The van der Waals surface area contributed by atoms with Crippen molar-refractivity contribution in [1.29, 1.82) is 0 Å². The van der Waals surface area contributed by atoms with Gasteiger partial charge in [-0.3, -0.25) is 4.79 Å². The van der Waals surface area contributed by atoms with Crippen LogP contribution in [0.4, 0.5) is 5.69 Å². The summed E-state index contributed by atoms with van der Waals surface area (Å²) in [4.78, 5) is 11.7. The van der Waals surface area contributed by atoms with Crippen LogP contribution in [0.5, 0.6) is 0 Å². The van der Waals surface area contributed by atoms with Crippen LogP contribution < -0.4 is 5.32 Å². The van der Waals surface area contributed by atoms with Gasteiger partial charge in [-0.15, -0.1) is 0 Å². The molecule has 1 N–H and O–H groups in total. The highest BCUT2D eigenvalue weighted by molar-refractivity contribution is 7.08. The molecule has 1 aromatic carbocycles. The first-order valence-corrected chi connectivity index (χ1v) is 6.16. The molecule has 0 aliphatic rings. The van der Waals surface area contributed by atoms with E-state index in [-0.39, 0.29) is 5.91 Å². The zero-order valence-electron chi connectivity index (χ0n) is 8.04. The van der Waals surface area contributed by atoms with Crippen molar-refractivity contribution < 1.29 is 4.79 Å². The predicted molar refractivity (Wildman–Crippen MR) is 68.7 cm³/mol. The van der Waals surface area contributed by atoms with Crippen LogP contribution >= 0.6 is 34.5 Å². The molecule has 0 aliphatic heterocycles. The van der Waals surface area contributed by atoms with Gasteiger partial charge in [0.1, 0.15) is 0 Å². The molecule has 0 aliphatic carbocycles.